The van der Waals surface area contributed by atoms with Crippen LogP contribution in [-0.4, -0.2) is 31.7 Å². The number of alkyl halides is 3. The Kier molecular flexibility index (Phi) is 4.76. The second kappa shape index (κ2) is 6.81. The van der Waals surface area contributed by atoms with Crippen molar-refractivity contribution in [1.82, 2.24) is 10.3 Å². The predicted molar refractivity (Wildman–Crippen MR) is 89.1 cm³/mol. The first-order chi connectivity index (χ1) is 11.5. The van der Waals surface area contributed by atoms with E-state index in [4.69, 9.17) is 0 Å². The maximum atomic E-state index is 13.4. The van der Waals surface area contributed by atoms with E-state index in [0.717, 1.165) is 49.9 Å². The number of halogens is 3. The Hall–Kier alpha value is -2.08. The maximum absolute atomic E-state index is 13.4. The summed E-state index contributed by atoms with van der Waals surface area (Å²) in [6, 6.07) is 7.47. The second-order valence-electron chi connectivity index (χ2n) is 5.90. The Morgan fingerprint density at radius 2 is 1.96 bits per heavy atom. The molecule has 2 heterocycles. The molecule has 1 aromatic heterocycles. The molecule has 24 heavy (non-hydrogen) atoms. The van der Waals surface area contributed by atoms with Crippen molar-refractivity contribution in [2.24, 2.45) is 0 Å². The minimum Gasteiger partial charge on any atom is -0.355 e. The minimum atomic E-state index is -4.37. The van der Waals surface area contributed by atoms with Crippen LogP contribution < -0.4 is 10.2 Å². The molecule has 3 nitrogen and oxygen atoms in total. The zero-order valence-electron chi connectivity index (χ0n) is 13.5. The lowest BCUT2D eigenvalue weighted by molar-refractivity contribution is -0.137. The van der Waals surface area contributed by atoms with Crippen LogP contribution >= 0.6 is 0 Å². The van der Waals surface area contributed by atoms with Crippen LogP contribution in [0.4, 0.5) is 19.0 Å². The van der Waals surface area contributed by atoms with Crippen LogP contribution in [0.1, 0.15) is 17.5 Å². The number of rotatable bonds is 4. The van der Waals surface area contributed by atoms with Gasteiger partial charge in [-0.3, -0.25) is 0 Å². The molecule has 1 aliphatic heterocycles. The molecular weight excluding hydrogens is 315 g/mol. The van der Waals surface area contributed by atoms with Gasteiger partial charge < -0.3 is 10.2 Å². The van der Waals surface area contributed by atoms with Gasteiger partial charge in [-0.15, -0.1) is 0 Å². The Morgan fingerprint density at radius 1 is 1.17 bits per heavy atom. The fourth-order valence-electron chi connectivity index (χ4n) is 3.23. The van der Waals surface area contributed by atoms with Crippen molar-refractivity contribution in [3.63, 3.8) is 0 Å². The fraction of sp³-hybridized carbons (Fsp3) is 0.389. The molecule has 1 aromatic carbocycles. The van der Waals surface area contributed by atoms with Gasteiger partial charge in [0.2, 0.25) is 0 Å². The van der Waals surface area contributed by atoms with Gasteiger partial charge in [0, 0.05) is 31.4 Å². The van der Waals surface area contributed by atoms with Crippen LogP contribution in [-0.2, 0) is 12.6 Å². The number of fused-ring (bicyclic) bond motifs is 1. The third kappa shape index (κ3) is 3.24. The van der Waals surface area contributed by atoms with E-state index in [2.05, 4.69) is 15.2 Å². The first kappa shape index (κ1) is 16.8. The highest BCUT2D eigenvalue weighted by Gasteiger charge is 2.34. The molecule has 2 aromatic rings. The van der Waals surface area contributed by atoms with Crippen molar-refractivity contribution in [3.8, 4) is 11.1 Å². The molecule has 1 aliphatic rings. The molecule has 0 saturated carbocycles. The zero-order chi connectivity index (χ0) is 17.2. The summed E-state index contributed by atoms with van der Waals surface area (Å²) in [6.45, 7) is 2.48. The van der Waals surface area contributed by atoms with E-state index in [1.165, 1.54) is 6.07 Å². The number of likely N-dealkylation sites (N-methyl/N-ethyl adjacent to an activating group) is 1. The summed E-state index contributed by atoms with van der Waals surface area (Å²) in [7, 11) is 1.88. The monoisotopic (exact) mass is 335 g/mol. The van der Waals surface area contributed by atoms with Crippen LogP contribution in [0.25, 0.3) is 11.1 Å². The standard InChI is InChI=1S/C18H20F3N3/c1-22-10-12-24-11-4-6-15-13(8-9-23-17(15)24)14-5-2-3-7-16(14)18(19,20)21/h2-3,5,7-9,22H,4,6,10-12H2,1H3. The second-order valence-corrected chi connectivity index (χ2v) is 5.90. The highest BCUT2D eigenvalue weighted by atomic mass is 19.4. The fourth-order valence-corrected chi connectivity index (χ4v) is 3.23. The molecule has 0 fully saturated rings. The summed E-state index contributed by atoms with van der Waals surface area (Å²) < 4.78 is 40.1. The Bertz CT molecular complexity index is 713. The van der Waals surface area contributed by atoms with Gasteiger partial charge in [-0.1, -0.05) is 18.2 Å². The number of nitrogens with zero attached hydrogens (tertiary/aromatic N) is 2. The average Bonchev–Trinajstić information content (AvgIpc) is 2.58. The number of hydrogen-bond acceptors (Lipinski definition) is 3. The molecule has 0 atom stereocenters. The van der Waals surface area contributed by atoms with Crippen LogP contribution in [0.3, 0.4) is 0 Å². The minimum absolute atomic E-state index is 0.235. The number of nitrogens with one attached hydrogen (secondary N) is 1. The van der Waals surface area contributed by atoms with E-state index in [1.54, 1.807) is 24.4 Å². The van der Waals surface area contributed by atoms with Gasteiger partial charge in [0.1, 0.15) is 5.82 Å². The van der Waals surface area contributed by atoms with Gasteiger partial charge in [-0.05, 0) is 43.1 Å². The molecule has 3 rings (SSSR count). The Labute approximate surface area is 139 Å². The van der Waals surface area contributed by atoms with E-state index in [0.29, 0.717) is 5.56 Å². The first-order valence-corrected chi connectivity index (χ1v) is 8.06. The molecular formula is C18H20F3N3. The summed E-state index contributed by atoms with van der Waals surface area (Å²) in [5, 5.41) is 3.10. The lowest BCUT2D eigenvalue weighted by Crippen LogP contribution is -2.35. The van der Waals surface area contributed by atoms with Crippen molar-refractivity contribution in [1.29, 1.82) is 0 Å². The van der Waals surface area contributed by atoms with Crippen molar-refractivity contribution in [3.05, 3.63) is 47.7 Å². The average molecular weight is 335 g/mol. The van der Waals surface area contributed by atoms with Crippen LogP contribution in [0.5, 0.6) is 0 Å². The molecule has 6 heteroatoms. The third-order valence-electron chi connectivity index (χ3n) is 4.34. The van der Waals surface area contributed by atoms with E-state index >= 15 is 0 Å². The number of aromatic nitrogens is 1. The number of pyridine rings is 1. The van der Waals surface area contributed by atoms with Crippen LogP contribution in [0.2, 0.25) is 0 Å². The van der Waals surface area contributed by atoms with Gasteiger partial charge in [0.15, 0.2) is 0 Å². The quantitative estimate of drug-likeness (QED) is 0.923. The summed E-state index contributed by atoms with van der Waals surface area (Å²) in [6.07, 6.45) is -1.09. The molecule has 0 radical (unpaired) electrons. The summed E-state index contributed by atoms with van der Waals surface area (Å²) in [5.41, 5.74) is 1.20. The predicted octanol–water partition coefficient (Wildman–Crippen LogP) is 3.74. The highest BCUT2D eigenvalue weighted by Crippen LogP contribution is 2.40. The lowest BCUT2D eigenvalue weighted by Gasteiger charge is -2.31. The number of anilines is 1. The van der Waals surface area contributed by atoms with Gasteiger partial charge in [0.25, 0.3) is 0 Å². The van der Waals surface area contributed by atoms with Gasteiger partial charge in [-0.25, -0.2) is 4.98 Å². The van der Waals surface area contributed by atoms with Crippen LogP contribution in [0, 0.1) is 0 Å². The van der Waals surface area contributed by atoms with E-state index in [1.807, 2.05) is 7.05 Å². The van der Waals surface area contributed by atoms with Crippen molar-refractivity contribution >= 4 is 5.82 Å². The summed E-state index contributed by atoms with van der Waals surface area (Å²) in [4.78, 5) is 6.60. The Balaban J connectivity index is 2.09. The maximum Gasteiger partial charge on any atom is 0.417 e. The highest BCUT2D eigenvalue weighted by molar-refractivity contribution is 5.76. The van der Waals surface area contributed by atoms with Crippen molar-refractivity contribution < 1.29 is 13.2 Å². The molecule has 0 bridgehead atoms. The topological polar surface area (TPSA) is 28.2 Å². The molecule has 0 saturated heterocycles. The molecule has 1 N–H and O–H groups in total. The first-order valence-electron chi connectivity index (χ1n) is 8.06. The summed E-state index contributed by atoms with van der Waals surface area (Å²) >= 11 is 0. The molecule has 0 amide bonds. The van der Waals surface area contributed by atoms with E-state index in [9.17, 15) is 13.2 Å². The Morgan fingerprint density at radius 3 is 2.71 bits per heavy atom. The molecule has 128 valence electrons. The summed E-state index contributed by atoms with van der Waals surface area (Å²) in [5.74, 6) is 0.811. The van der Waals surface area contributed by atoms with E-state index < -0.39 is 11.7 Å². The van der Waals surface area contributed by atoms with Crippen molar-refractivity contribution in [2.45, 2.75) is 19.0 Å². The van der Waals surface area contributed by atoms with Gasteiger partial charge >= 0.3 is 6.18 Å². The largest absolute Gasteiger partial charge is 0.417 e. The SMILES string of the molecule is CNCCN1CCCc2c(-c3ccccc3C(F)(F)F)ccnc21. The van der Waals surface area contributed by atoms with E-state index in [-0.39, 0.29) is 5.56 Å². The van der Waals surface area contributed by atoms with Crippen molar-refractivity contribution in [2.75, 3.05) is 31.6 Å². The lowest BCUT2D eigenvalue weighted by atomic mass is 9.92. The molecule has 0 spiro atoms. The van der Waals surface area contributed by atoms with Crippen LogP contribution in [0.15, 0.2) is 36.5 Å². The molecule has 0 aliphatic carbocycles. The van der Waals surface area contributed by atoms with Gasteiger partial charge in [-0.2, -0.15) is 13.2 Å². The van der Waals surface area contributed by atoms with Gasteiger partial charge in [0.05, 0.1) is 5.56 Å². The zero-order valence-corrected chi connectivity index (χ0v) is 13.5. The normalized spacial score (nSPS) is 14.6. The smallest absolute Gasteiger partial charge is 0.355 e. The number of benzene rings is 1. The molecule has 0 unspecified atom stereocenters. The number of hydrogen-bond donors (Lipinski definition) is 1. The third-order valence-corrected chi connectivity index (χ3v) is 4.34.